The molecule has 7 heteroatoms. The highest BCUT2D eigenvalue weighted by Crippen LogP contribution is 2.27. The molecule has 0 N–H and O–H groups in total. The van der Waals surface area contributed by atoms with E-state index in [1.807, 2.05) is 35.2 Å². The maximum Gasteiger partial charge on any atom is 0.290 e. The van der Waals surface area contributed by atoms with Gasteiger partial charge in [-0.25, -0.2) is 0 Å². The van der Waals surface area contributed by atoms with Gasteiger partial charge in [0.2, 0.25) is 5.91 Å². The summed E-state index contributed by atoms with van der Waals surface area (Å²) in [5.41, 5.74) is 3.32. The van der Waals surface area contributed by atoms with Crippen molar-refractivity contribution in [3.8, 4) is 5.75 Å². The predicted molar refractivity (Wildman–Crippen MR) is 129 cm³/mol. The fraction of sp³-hybridized carbons (Fsp3) is 0.333. The van der Waals surface area contributed by atoms with Crippen molar-refractivity contribution >= 4 is 17.5 Å². The van der Waals surface area contributed by atoms with Gasteiger partial charge >= 0.3 is 0 Å². The molecule has 1 aromatic heterocycles. The summed E-state index contributed by atoms with van der Waals surface area (Å²) in [4.78, 5) is 33.0. The van der Waals surface area contributed by atoms with Crippen molar-refractivity contribution in [1.29, 1.82) is 0 Å². The molecule has 0 aliphatic carbocycles. The van der Waals surface area contributed by atoms with Gasteiger partial charge in [0.05, 0.1) is 13.4 Å². The van der Waals surface area contributed by atoms with Crippen LogP contribution in [0.15, 0.2) is 71.3 Å². The van der Waals surface area contributed by atoms with Gasteiger partial charge in [0, 0.05) is 44.8 Å². The van der Waals surface area contributed by atoms with Crippen molar-refractivity contribution < 1.29 is 18.7 Å². The number of carbonyl (C=O) groups is 2. The molecule has 7 nitrogen and oxygen atoms in total. The van der Waals surface area contributed by atoms with Crippen molar-refractivity contribution in [2.45, 2.75) is 25.4 Å². The van der Waals surface area contributed by atoms with E-state index in [1.165, 1.54) is 6.26 Å². The van der Waals surface area contributed by atoms with Crippen LogP contribution in [-0.4, -0.2) is 60.9 Å². The van der Waals surface area contributed by atoms with Gasteiger partial charge in [0.25, 0.3) is 5.91 Å². The van der Waals surface area contributed by atoms with Gasteiger partial charge < -0.3 is 23.9 Å². The maximum atomic E-state index is 13.8. The van der Waals surface area contributed by atoms with Gasteiger partial charge in [-0.2, -0.15) is 0 Å². The summed E-state index contributed by atoms with van der Waals surface area (Å²) in [6, 6.07) is 18.9. The van der Waals surface area contributed by atoms with E-state index in [0.717, 1.165) is 42.1 Å². The molecule has 0 radical (unpaired) electrons. The van der Waals surface area contributed by atoms with Crippen molar-refractivity contribution in [2.24, 2.45) is 0 Å². The first-order chi connectivity index (χ1) is 16.6. The van der Waals surface area contributed by atoms with Crippen molar-refractivity contribution in [3.05, 3.63) is 83.8 Å². The van der Waals surface area contributed by atoms with Gasteiger partial charge in [-0.1, -0.05) is 24.3 Å². The van der Waals surface area contributed by atoms with Crippen molar-refractivity contribution in [2.75, 3.05) is 38.2 Å². The van der Waals surface area contributed by atoms with E-state index in [0.29, 0.717) is 26.1 Å². The summed E-state index contributed by atoms with van der Waals surface area (Å²) in [7, 11) is 1.66. The fourth-order valence-electron chi connectivity index (χ4n) is 4.90. The summed E-state index contributed by atoms with van der Waals surface area (Å²) < 4.78 is 10.6. The third-order valence-corrected chi connectivity index (χ3v) is 6.77. The standard InChI is InChI=1S/C27H29N3O4/c1-33-23-11-9-22(10-12-23)28-13-5-14-29(16-15-28)26(31)24-18-20-6-2-3-7-21(20)19-30(24)27(32)25-8-4-17-34-25/h2-4,6-12,17,24H,5,13-16,18-19H2,1H3. The minimum Gasteiger partial charge on any atom is -0.497 e. The zero-order chi connectivity index (χ0) is 23.5. The Morgan fingerprint density at radius 2 is 1.71 bits per heavy atom. The number of nitrogens with zero attached hydrogens (tertiary/aromatic N) is 3. The molecule has 1 unspecified atom stereocenters. The number of hydrogen-bond donors (Lipinski definition) is 0. The average Bonchev–Trinajstić information content (AvgIpc) is 3.32. The molecule has 1 fully saturated rings. The zero-order valence-corrected chi connectivity index (χ0v) is 19.4. The van der Waals surface area contributed by atoms with E-state index in [4.69, 9.17) is 9.15 Å². The summed E-state index contributed by atoms with van der Waals surface area (Å²) in [5, 5.41) is 0. The van der Waals surface area contributed by atoms with Crippen LogP contribution in [0.5, 0.6) is 5.75 Å². The molecule has 0 spiro atoms. The number of ether oxygens (including phenoxy) is 1. The molecule has 2 aliphatic heterocycles. The molecule has 0 bridgehead atoms. The van der Waals surface area contributed by atoms with Crippen LogP contribution in [0.3, 0.4) is 0 Å². The Morgan fingerprint density at radius 3 is 2.44 bits per heavy atom. The topological polar surface area (TPSA) is 66.2 Å². The first kappa shape index (κ1) is 22.1. The number of carbonyl (C=O) groups excluding carboxylic acids is 2. The smallest absolute Gasteiger partial charge is 0.290 e. The summed E-state index contributed by atoms with van der Waals surface area (Å²) >= 11 is 0. The second-order valence-electron chi connectivity index (χ2n) is 8.76. The van der Waals surface area contributed by atoms with Gasteiger partial charge in [-0.3, -0.25) is 9.59 Å². The zero-order valence-electron chi connectivity index (χ0n) is 19.4. The second-order valence-corrected chi connectivity index (χ2v) is 8.76. The van der Waals surface area contributed by atoms with Crippen LogP contribution in [0.1, 0.15) is 28.1 Å². The molecule has 1 atom stereocenters. The maximum absolute atomic E-state index is 13.8. The molecule has 2 aromatic carbocycles. The van der Waals surface area contributed by atoms with Crippen LogP contribution in [0.2, 0.25) is 0 Å². The van der Waals surface area contributed by atoms with E-state index in [2.05, 4.69) is 23.1 Å². The summed E-state index contributed by atoms with van der Waals surface area (Å²) in [5.74, 6) is 0.853. The SMILES string of the molecule is COc1ccc(N2CCCN(C(=O)C3Cc4ccccc4CN3C(=O)c3ccco3)CC2)cc1. The Balaban J connectivity index is 1.34. The van der Waals surface area contributed by atoms with Crippen LogP contribution in [0.4, 0.5) is 5.69 Å². The Morgan fingerprint density at radius 1 is 0.912 bits per heavy atom. The summed E-state index contributed by atoms with van der Waals surface area (Å²) in [6.07, 6.45) is 2.87. The lowest BCUT2D eigenvalue weighted by Gasteiger charge is -2.38. The highest BCUT2D eigenvalue weighted by atomic mass is 16.5. The van der Waals surface area contributed by atoms with Crippen LogP contribution in [-0.2, 0) is 17.8 Å². The molecule has 1 saturated heterocycles. The molecule has 3 heterocycles. The first-order valence-corrected chi connectivity index (χ1v) is 11.7. The normalized spacial score (nSPS) is 18.3. The number of methoxy groups -OCH3 is 1. The fourth-order valence-corrected chi connectivity index (χ4v) is 4.90. The summed E-state index contributed by atoms with van der Waals surface area (Å²) in [6.45, 7) is 3.31. The van der Waals surface area contributed by atoms with Crippen molar-refractivity contribution in [1.82, 2.24) is 9.80 Å². The van der Waals surface area contributed by atoms with E-state index in [-0.39, 0.29) is 17.6 Å². The van der Waals surface area contributed by atoms with E-state index in [1.54, 1.807) is 24.1 Å². The van der Waals surface area contributed by atoms with Crippen molar-refractivity contribution in [3.63, 3.8) is 0 Å². The number of furan rings is 1. The number of rotatable bonds is 4. The number of anilines is 1. The minimum absolute atomic E-state index is 0.00555. The lowest BCUT2D eigenvalue weighted by Crippen LogP contribution is -2.54. The average molecular weight is 460 g/mol. The Labute approximate surface area is 199 Å². The van der Waals surface area contributed by atoms with E-state index in [9.17, 15) is 9.59 Å². The molecule has 2 amide bonds. The monoisotopic (exact) mass is 459 g/mol. The third kappa shape index (κ3) is 4.38. The van der Waals surface area contributed by atoms with E-state index < -0.39 is 6.04 Å². The molecule has 2 aliphatic rings. The number of fused-ring (bicyclic) bond motifs is 1. The van der Waals surface area contributed by atoms with Gasteiger partial charge in [-0.05, 0) is 53.9 Å². The molecular formula is C27H29N3O4. The molecule has 5 rings (SSSR count). The van der Waals surface area contributed by atoms with Crippen LogP contribution in [0, 0.1) is 0 Å². The van der Waals surface area contributed by atoms with Crippen LogP contribution in [0.25, 0.3) is 0 Å². The lowest BCUT2D eigenvalue weighted by atomic mass is 9.92. The predicted octanol–water partition coefficient (Wildman–Crippen LogP) is 3.59. The lowest BCUT2D eigenvalue weighted by molar-refractivity contribution is -0.136. The Kier molecular flexibility index (Phi) is 6.25. The molecule has 176 valence electrons. The highest BCUT2D eigenvalue weighted by Gasteiger charge is 2.38. The molecular weight excluding hydrogens is 430 g/mol. The van der Waals surface area contributed by atoms with Crippen LogP contribution < -0.4 is 9.64 Å². The molecule has 34 heavy (non-hydrogen) atoms. The minimum atomic E-state index is -0.542. The van der Waals surface area contributed by atoms with Gasteiger partial charge in [-0.15, -0.1) is 0 Å². The number of hydrogen-bond acceptors (Lipinski definition) is 5. The van der Waals surface area contributed by atoms with Gasteiger partial charge in [0.15, 0.2) is 5.76 Å². The Hall–Kier alpha value is -3.74. The largest absolute Gasteiger partial charge is 0.497 e. The van der Waals surface area contributed by atoms with E-state index >= 15 is 0 Å². The number of benzene rings is 2. The highest BCUT2D eigenvalue weighted by molar-refractivity contribution is 5.96. The third-order valence-electron chi connectivity index (χ3n) is 6.77. The second kappa shape index (κ2) is 9.63. The van der Waals surface area contributed by atoms with Gasteiger partial charge in [0.1, 0.15) is 11.8 Å². The quantitative estimate of drug-likeness (QED) is 0.597. The molecule has 3 aromatic rings. The number of amides is 2. The molecule has 0 saturated carbocycles. The first-order valence-electron chi connectivity index (χ1n) is 11.7. The van der Waals surface area contributed by atoms with Crippen LogP contribution >= 0.6 is 0 Å². The Bertz CT molecular complexity index is 1140.